The third kappa shape index (κ3) is 3.42. The van der Waals surface area contributed by atoms with Crippen LogP contribution in [0, 0.1) is 0 Å². The van der Waals surface area contributed by atoms with Gasteiger partial charge in [-0.05, 0) is 31.9 Å². The van der Waals surface area contributed by atoms with Crippen LogP contribution in [-0.4, -0.2) is 46.2 Å². The molecule has 1 fully saturated rings. The van der Waals surface area contributed by atoms with Crippen LogP contribution in [0.5, 0.6) is 0 Å². The van der Waals surface area contributed by atoms with Crippen LogP contribution >= 0.6 is 0 Å². The molecule has 0 radical (unpaired) electrons. The zero-order chi connectivity index (χ0) is 16.2. The van der Waals surface area contributed by atoms with E-state index >= 15 is 0 Å². The molecule has 0 N–H and O–H groups in total. The van der Waals surface area contributed by atoms with Gasteiger partial charge in [0.25, 0.3) is 5.56 Å². The summed E-state index contributed by atoms with van der Waals surface area (Å²) in [7, 11) is 0. The molecule has 0 saturated carbocycles. The Kier molecular flexibility index (Phi) is 4.71. The molecule has 2 heterocycles. The molecule has 6 heteroatoms. The largest absolute Gasteiger partial charge is 0.378 e. The van der Waals surface area contributed by atoms with Crippen molar-refractivity contribution in [3.63, 3.8) is 0 Å². The summed E-state index contributed by atoms with van der Waals surface area (Å²) >= 11 is 0. The fraction of sp³-hybridized carbons (Fsp3) is 0.471. The number of rotatable bonds is 4. The maximum atomic E-state index is 12.4. The lowest BCUT2D eigenvalue weighted by Crippen LogP contribution is -2.43. The molecule has 1 amide bonds. The second-order valence-corrected chi connectivity index (χ2v) is 5.73. The molecule has 1 aromatic carbocycles. The normalized spacial score (nSPS) is 16.0. The topological polar surface area (TPSA) is 64.4 Å². The zero-order valence-corrected chi connectivity index (χ0v) is 13.3. The quantitative estimate of drug-likeness (QED) is 0.856. The number of carbonyl (C=O) groups is 1. The van der Waals surface area contributed by atoms with Crippen LogP contribution in [0.25, 0.3) is 10.9 Å². The Morgan fingerprint density at radius 3 is 2.78 bits per heavy atom. The maximum absolute atomic E-state index is 12.4. The highest BCUT2D eigenvalue weighted by atomic mass is 16.5. The molecule has 23 heavy (non-hydrogen) atoms. The standard InChI is InChI=1S/C17H21N3O3/c1-2-23-13-7-9-19(10-8-13)16(21)11-20-12-18-15-6-4-3-5-14(15)17(20)22/h3-6,12-13H,2,7-11H2,1H3. The molecule has 0 bridgehead atoms. The van der Waals surface area contributed by atoms with Gasteiger partial charge in [-0.1, -0.05) is 12.1 Å². The van der Waals surface area contributed by atoms with Crippen molar-refractivity contribution in [2.45, 2.75) is 32.4 Å². The van der Waals surface area contributed by atoms with Crippen molar-refractivity contribution in [3.8, 4) is 0 Å². The summed E-state index contributed by atoms with van der Waals surface area (Å²) in [6.45, 7) is 4.09. The molecule has 1 saturated heterocycles. The summed E-state index contributed by atoms with van der Waals surface area (Å²) in [5.41, 5.74) is 0.479. The summed E-state index contributed by atoms with van der Waals surface area (Å²) < 4.78 is 6.98. The number of para-hydroxylation sites is 1. The molecule has 0 aliphatic carbocycles. The highest BCUT2D eigenvalue weighted by Crippen LogP contribution is 2.14. The van der Waals surface area contributed by atoms with E-state index in [1.54, 1.807) is 23.1 Å². The number of carbonyl (C=O) groups excluding carboxylic acids is 1. The third-order valence-corrected chi connectivity index (χ3v) is 4.23. The molecular formula is C17H21N3O3. The van der Waals surface area contributed by atoms with Crippen molar-refractivity contribution in [1.82, 2.24) is 14.5 Å². The zero-order valence-electron chi connectivity index (χ0n) is 13.3. The lowest BCUT2D eigenvalue weighted by Gasteiger charge is -2.31. The first-order valence-electron chi connectivity index (χ1n) is 8.02. The van der Waals surface area contributed by atoms with Crippen molar-refractivity contribution < 1.29 is 9.53 Å². The van der Waals surface area contributed by atoms with Gasteiger partial charge in [-0.15, -0.1) is 0 Å². The number of piperidine rings is 1. The van der Waals surface area contributed by atoms with Crippen LogP contribution in [0.2, 0.25) is 0 Å². The minimum atomic E-state index is -0.173. The van der Waals surface area contributed by atoms with Gasteiger partial charge in [0.05, 0.1) is 23.3 Å². The van der Waals surface area contributed by atoms with Gasteiger partial charge in [-0.3, -0.25) is 14.2 Å². The number of ether oxygens (including phenoxy) is 1. The van der Waals surface area contributed by atoms with Crippen LogP contribution in [0.4, 0.5) is 0 Å². The van der Waals surface area contributed by atoms with Crippen molar-refractivity contribution in [1.29, 1.82) is 0 Å². The van der Waals surface area contributed by atoms with Crippen LogP contribution in [0.3, 0.4) is 0 Å². The van der Waals surface area contributed by atoms with E-state index in [0.717, 1.165) is 12.8 Å². The van der Waals surface area contributed by atoms with E-state index in [-0.39, 0.29) is 24.1 Å². The molecule has 0 atom stereocenters. The highest BCUT2D eigenvalue weighted by molar-refractivity contribution is 5.79. The highest BCUT2D eigenvalue weighted by Gasteiger charge is 2.23. The summed E-state index contributed by atoms with van der Waals surface area (Å²) in [5, 5.41) is 0.540. The molecule has 1 aliphatic rings. The number of fused-ring (bicyclic) bond motifs is 1. The van der Waals surface area contributed by atoms with E-state index in [1.807, 2.05) is 13.0 Å². The smallest absolute Gasteiger partial charge is 0.261 e. The number of nitrogens with zero attached hydrogens (tertiary/aromatic N) is 3. The predicted octanol–water partition coefficient (Wildman–Crippen LogP) is 1.42. The molecule has 0 spiro atoms. The van der Waals surface area contributed by atoms with Crippen molar-refractivity contribution in [2.75, 3.05) is 19.7 Å². The molecule has 1 aliphatic heterocycles. The number of benzene rings is 1. The predicted molar refractivity (Wildman–Crippen MR) is 87.2 cm³/mol. The Hall–Kier alpha value is -2.21. The SMILES string of the molecule is CCOC1CCN(C(=O)Cn2cnc3ccccc3c2=O)CC1. The molecule has 1 aromatic heterocycles. The first-order valence-corrected chi connectivity index (χ1v) is 8.02. The Balaban J connectivity index is 1.69. The molecule has 2 aromatic rings. The van der Waals surface area contributed by atoms with Crippen LogP contribution in [0.1, 0.15) is 19.8 Å². The second-order valence-electron chi connectivity index (χ2n) is 5.73. The number of hydrogen-bond acceptors (Lipinski definition) is 4. The van der Waals surface area contributed by atoms with E-state index in [9.17, 15) is 9.59 Å². The second kappa shape index (κ2) is 6.91. The maximum Gasteiger partial charge on any atom is 0.261 e. The summed E-state index contributed by atoms with van der Waals surface area (Å²) in [4.78, 5) is 30.9. The monoisotopic (exact) mass is 315 g/mol. The summed E-state index contributed by atoms with van der Waals surface area (Å²) in [6, 6.07) is 7.17. The number of aromatic nitrogens is 2. The van der Waals surface area contributed by atoms with Crippen molar-refractivity contribution in [3.05, 3.63) is 40.9 Å². The first kappa shape index (κ1) is 15.7. The van der Waals surface area contributed by atoms with E-state index in [1.165, 1.54) is 10.9 Å². The molecule has 0 unspecified atom stereocenters. The lowest BCUT2D eigenvalue weighted by atomic mass is 10.1. The van der Waals surface area contributed by atoms with E-state index in [0.29, 0.717) is 30.6 Å². The van der Waals surface area contributed by atoms with Gasteiger partial charge in [0.15, 0.2) is 0 Å². The minimum Gasteiger partial charge on any atom is -0.378 e. The number of amides is 1. The fourth-order valence-corrected chi connectivity index (χ4v) is 2.97. The van der Waals surface area contributed by atoms with Crippen LogP contribution in [0.15, 0.2) is 35.4 Å². The van der Waals surface area contributed by atoms with Gasteiger partial charge in [-0.2, -0.15) is 0 Å². The Morgan fingerprint density at radius 2 is 2.04 bits per heavy atom. The Bertz CT molecular complexity index is 748. The average Bonchev–Trinajstić information content (AvgIpc) is 2.58. The van der Waals surface area contributed by atoms with Gasteiger partial charge < -0.3 is 9.64 Å². The molecular weight excluding hydrogens is 294 g/mol. The first-order chi connectivity index (χ1) is 11.2. The van der Waals surface area contributed by atoms with E-state index < -0.39 is 0 Å². The van der Waals surface area contributed by atoms with Gasteiger partial charge in [0, 0.05) is 19.7 Å². The average molecular weight is 315 g/mol. The Labute approximate surface area is 134 Å². The van der Waals surface area contributed by atoms with E-state index in [4.69, 9.17) is 4.74 Å². The molecule has 122 valence electrons. The van der Waals surface area contributed by atoms with E-state index in [2.05, 4.69) is 4.98 Å². The Morgan fingerprint density at radius 1 is 1.30 bits per heavy atom. The van der Waals surface area contributed by atoms with Crippen molar-refractivity contribution in [2.24, 2.45) is 0 Å². The minimum absolute atomic E-state index is 0.0377. The molecule has 6 nitrogen and oxygen atoms in total. The summed E-state index contributed by atoms with van der Waals surface area (Å²) in [6.07, 6.45) is 3.40. The van der Waals surface area contributed by atoms with Crippen LogP contribution in [-0.2, 0) is 16.1 Å². The van der Waals surface area contributed by atoms with Crippen molar-refractivity contribution >= 4 is 16.8 Å². The fourth-order valence-electron chi connectivity index (χ4n) is 2.97. The van der Waals surface area contributed by atoms with Gasteiger partial charge >= 0.3 is 0 Å². The van der Waals surface area contributed by atoms with Gasteiger partial charge in [-0.25, -0.2) is 4.98 Å². The van der Waals surface area contributed by atoms with Gasteiger partial charge in [0.2, 0.25) is 5.91 Å². The lowest BCUT2D eigenvalue weighted by molar-refractivity contribution is -0.134. The number of hydrogen-bond donors (Lipinski definition) is 0. The summed E-state index contributed by atoms with van der Waals surface area (Å²) in [5.74, 6) is -0.0425. The van der Waals surface area contributed by atoms with Crippen LogP contribution < -0.4 is 5.56 Å². The number of likely N-dealkylation sites (tertiary alicyclic amines) is 1. The third-order valence-electron chi connectivity index (χ3n) is 4.23. The van der Waals surface area contributed by atoms with Gasteiger partial charge in [0.1, 0.15) is 6.54 Å². The molecule has 3 rings (SSSR count).